The number of phenols is 2. The van der Waals surface area contributed by atoms with Gasteiger partial charge in [-0.1, -0.05) is 36.4 Å². The van der Waals surface area contributed by atoms with Gasteiger partial charge in [-0.2, -0.15) is 0 Å². The van der Waals surface area contributed by atoms with E-state index in [0.29, 0.717) is 30.8 Å². The molecule has 46 heavy (non-hydrogen) atoms. The van der Waals surface area contributed by atoms with Gasteiger partial charge in [0.15, 0.2) is 11.6 Å². The van der Waals surface area contributed by atoms with E-state index < -0.39 is 29.6 Å². The minimum atomic E-state index is -0.854. The fraction of sp³-hybridized carbons (Fsp3) is 0.417. The highest BCUT2D eigenvalue weighted by molar-refractivity contribution is 6.02. The number of likely N-dealkylation sites (N-methyl/N-ethyl adjacent to an activating group) is 2. The zero-order valence-corrected chi connectivity index (χ0v) is 26.9. The topological polar surface area (TPSA) is 105 Å². The molecule has 3 aromatic carbocycles. The third kappa shape index (κ3) is 7.14. The Hall–Kier alpha value is -4.12. The van der Waals surface area contributed by atoms with Crippen molar-refractivity contribution < 1.29 is 29.0 Å². The van der Waals surface area contributed by atoms with Gasteiger partial charge in [-0.3, -0.25) is 19.3 Å². The second-order valence-corrected chi connectivity index (χ2v) is 12.9. The van der Waals surface area contributed by atoms with Crippen molar-refractivity contribution in [3.8, 4) is 11.5 Å². The normalized spacial score (nSPS) is 20.5. The molecule has 5 rings (SSSR count). The fourth-order valence-corrected chi connectivity index (χ4v) is 6.93. The molecule has 1 amide bonds. The minimum absolute atomic E-state index is 0.0608. The minimum Gasteiger partial charge on any atom is -0.508 e. The van der Waals surface area contributed by atoms with Crippen LogP contribution in [-0.4, -0.2) is 120 Å². The van der Waals surface area contributed by atoms with Gasteiger partial charge in [0, 0.05) is 74.7 Å². The summed E-state index contributed by atoms with van der Waals surface area (Å²) in [6, 6.07) is 16.2. The number of carbonyl (C=O) groups is 3. The summed E-state index contributed by atoms with van der Waals surface area (Å²) in [6.45, 7) is 4.97. The monoisotopic (exact) mass is 630 g/mol. The molecule has 244 valence electrons. The van der Waals surface area contributed by atoms with Gasteiger partial charge in [-0.25, -0.2) is 4.39 Å². The van der Waals surface area contributed by atoms with Gasteiger partial charge in [-0.15, -0.1) is 0 Å². The van der Waals surface area contributed by atoms with Crippen LogP contribution in [0.5, 0.6) is 11.5 Å². The van der Waals surface area contributed by atoms with E-state index in [1.54, 1.807) is 43.3 Å². The summed E-state index contributed by atoms with van der Waals surface area (Å²) in [5.41, 5.74) is 1.43. The Morgan fingerprint density at radius 2 is 1.37 bits per heavy atom. The van der Waals surface area contributed by atoms with E-state index in [1.807, 2.05) is 35.8 Å². The lowest BCUT2D eigenvalue weighted by Gasteiger charge is -2.47. The van der Waals surface area contributed by atoms with Crippen LogP contribution in [0.4, 0.5) is 4.39 Å². The van der Waals surface area contributed by atoms with Crippen molar-refractivity contribution in [3.63, 3.8) is 0 Å². The van der Waals surface area contributed by atoms with Crippen LogP contribution >= 0.6 is 0 Å². The highest BCUT2D eigenvalue weighted by Gasteiger charge is 2.48. The SMILES string of the molecule is Cc1c(F)cccc1C1[C@@H](C(=O)c2cccc(O)c2)CN([C@@H](CN(C)C)C(=O)N2CCN(C)CC2)C[C@@H]1C(=O)c1cccc(O)c1. The van der Waals surface area contributed by atoms with Gasteiger partial charge in [-0.05, 0) is 69.5 Å². The van der Waals surface area contributed by atoms with E-state index in [1.165, 1.54) is 30.3 Å². The van der Waals surface area contributed by atoms with Gasteiger partial charge in [0.25, 0.3) is 0 Å². The zero-order chi connectivity index (χ0) is 33.1. The molecule has 2 heterocycles. The van der Waals surface area contributed by atoms with E-state index in [-0.39, 0.29) is 53.2 Å². The number of piperidine rings is 1. The molecule has 2 fully saturated rings. The summed E-state index contributed by atoms with van der Waals surface area (Å²) in [4.78, 5) is 51.1. The Bertz CT molecular complexity index is 1520. The second-order valence-electron chi connectivity index (χ2n) is 12.9. The molecule has 2 N–H and O–H groups in total. The molecule has 0 aromatic heterocycles. The van der Waals surface area contributed by atoms with Gasteiger partial charge in [0.05, 0.1) is 0 Å². The number of carbonyl (C=O) groups excluding carboxylic acids is 3. The van der Waals surface area contributed by atoms with Crippen molar-refractivity contribution in [2.45, 2.75) is 18.9 Å². The number of halogens is 1. The van der Waals surface area contributed by atoms with Crippen LogP contribution in [0, 0.1) is 24.6 Å². The summed E-state index contributed by atoms with van der Waals surface area (Å²) >= 11 is 0. The van der Waals surface area contributed by atoms with Crippen LogP contribution in [0.15, 0.2) is 66.7 Å². The number of benzene rings is 3. The molecule has 0 unspecified atom stereocenters. The maximum absolute atomic E-state index is 15.1. The number of hydrogen-bond acceptors (Lipinski definition) is 8. The molecular formula is C36H43FN4O5. The number of nitrogens with zero attached hydrogens (tertiary/aromatic N) is 4. The predicted octanol–water partition coefficient (Wildman–Crippen LogP) is 3.65. The zero-order valence-electron chi connectivity index (χ0n) is 26.9. The van der Waals surface area contributed by atoms with E-state index in [2.05, 4.69) is 4.90 Å². The lowest BCUT2D eigenvalue weighted by molar-refractivity contribution is -0.140. The number of phenolic OH excluding ortho intramolecular Hbond substituents is 2. The van der Waals surface area contributed by atoms with Crippen molar-refractivity contribution in [1.29, 1.82) is 0 Å². The summed E-state index contributed by atoms with van der Waals surface area (Å²) in [5, 5.41) is 20.5. The molecule has 2 aliphatic rings. The number of amides is 1. The van der Waals surface area contributed by atoms with E-state index in [4.69, 9.17) is 0 Å². The summed E-state index contributed by atoms with van der Waals surface area (Å²) in [5.74, 6) is -3.70. The molecule has 3 atom stereocenters. The van der Waals surface area contributed by atoms with Crippen molar-refractivity contribution in [1.82, 2.24) is 19.6 Å². The lowest BCUT2D eigenvalue weighted by atomic mass is 9.67. The average Bonchev–Trinajstić information content (AvgIpc) is 3.03. The van der Waals surface area contributed by atoms with E-state index >= 15 is 4.39 Å². The average molecular weight is 631 g/mol. The first-order chi connectivity index (χ1) is 21.9. The Morgan fingerprint density at radius 3 is 1.87 bits per heavy atom. The largest absolute Gasteiger partial charge is 0.508 e. The Morgan fingerprint density at radius 1 is 0.848 bits per heavy atom. The van der Waals surface area contributed by atoms with Gasteiger partial charge >= 0.3 is 0 Å². The summed E-state index contributed by atoms with van der Waals surface area (Å²) < 4.78 is 15.1. The van der Waals surface area contributed by atoms with Crippen molar-refractivity contribution in [3.05, 3.63) is 94.8 Å². The quantitative estimate of drug-likeness (QED) is 0.346. The molecule has 0 aliphatic carbocycles. The Kier molecular flexibility index (Phi) is 10.2. The van der Waals surface area contributed by atoms with Crippen LogP contribution in [0.3, 0.4) is 0 Å². The van der Waals surface area contributed by atoms with Crippen molar-refractivity contribution in [2.75, 3.05) is 67.0 Å². The maximum Gasteiger partial charge on any atom is 0.241 e. The molecule has 2 saturated heterocycles. The van der Waals surface area contributed by atoms with Crippen LogP contribution in [0.1, 0.15) is 37.8 Å². The number of Topliss-reactive ketones (excluding diaryl/α,β-unsaturated/α-hetero) is 2. The first kappa shape index (κ1) is 33.2. The number of likely N-dealkylation sites (tertiary alicyclic amines) is 1. The third-order valence-corrected chi connectivity index (χ3v) is 9.41. The molecule has 0 spiro atoms. The molecular weight excluding hydrogens is 587 g/mol. The Balaban J connectivity index is 1.65. The lowest BCUT2D eigenvalue weighted by Crippen LogP contribution is -2.61. The first-order valence-corrected chi connectivity index (χ1v) is 15.7. The second kappa shape index (κ2) is 14.1. The Labute approximate surface area is 269 Å². The number of hydrogen-bond donors (Lipinski definition) is 2. The van der Waals surface area contributed by atoms with Crippen LogP contribution in [0.2, 0.25) is 0 Å². The fourth-order valence-electron chi connectivity index (χ4n) is 6.93. The van der Waals surface area contributed by atoms with Gasteiger partial charge in [0.2, 0.25) is 5.91 Å². The molecule has 0 saturated carbocycles. The molecule has 0 radical (unpaired) electrons. The standard InChI is InChI=1S/C36H43FN4O5/c1-23-28(12-7-13-31(23)37)33-29(34(44)24-8-5-10-26(42)18-24)20-41(21-30(33)35(45)25-9-6-11-27(43)19-25)32(22-38(2)3)36(46)40-16-14-39(4)15-17-40/h5-13,18-19,29-30,32-33,42-43H,14-17,20-22H2,1-4H3/t29-,30-,32-/m0/s1. The smallest absolute Gasteiger partial charge is 0.241 e. The van der Waals surface area contributed by atoms with Crippen LogP contribution < -0.4 is 0 Å². The van der Waals surface area contributed by atoms with Crippen LogP contribution in [0.25, 0.3) is 0 Å². The van der Waals surface area contributed by atoms with Gasteiger partial charge < -0.3 is 24.9 Å². The molecule has 3 aromatic rings. The first-order valence-electron chi connectivity index (χ1n) is 15.7. The maximum atomic E-state index is 15.1. The van der Waals surface area contributed by atoms with E-state index in [9.17, 15) is 24.6 Å². The third-order valence-electron chi connectivity index (χ3n) is 9.41. The number of aromatic hydroxyl groups is 2. The summed E-state index contributed by atoms with van der Waals surface area (Å²) in [7, 11) is 5.79. The molecule has 9 nitrogen and oxygen atoms in total. The highest BCUT2D eigenvalue weighted by atomic mass is 19.1. The number of ketones is 2. The highest BCUT2D eigenvalue weighted by Crippen LogP contribution is 2.43. The summed E-state index contributed by atoms with van der Waals surface area (Å²) in [6.07, 6.45) is 0. The predicted molar refractivity (Wildman–Crippen MR) is 174 cm³/mol. The van der Waals surface area contributed by atoms with Crippen molar-refractivity contribution in [2.24, 2.45) is 11.8 Å². The van der Waals surface area contributed by atoms with Crippen molar-refractivity contribution >= 4 is 17.5 Å². The molecule has 10 heteroatoms. The molecule has 2 aliphatic heterocycles. The number of rotatable bonds is 9. The van der Waals surface area contributed by atoms with E-state index in [0.717, 1.165) is 13.1 Å². The van der Waals surface area contributed by atoms with Crippen LogP contribution in [-0.2, 0) is 4.79 Å². The number of piperazine rings is 1. The van der Waals surface area contributed by atoms with Gasteiger partial charge in [0.1, 0.15) is 23.4 Å². The molecule has 0 bridgehead atoms.